The number of hydrogen-bond acceptors (Lipinski definition) is 18. The number of carbonyl (C=O) groups excluding carboxylic acids is 1. The summed E-state index contributed by atoms with van der Waals surface area (Å²) in [5.41, 5.74) is 0. The van der Waals surface area contributed by atoms with E-state index in [2.05, 4.69) is 67.8 Å². The molecule has 92 heavy (non-hydrogen) atoms. The fourth-order valence-electron chi connectivity index (χ4n) is 12.1. The smallest absolute Gasteiger partial charge is 0.220 e. The van der Waals surface area contributed by atoms with Crippen molar-refractivity contribution in [1.29, 1.82) is 0 Å². The van der Waals surface area contributed by atoms with Gasteiger partial charge in [-0.15, -0.1) is 0 Å². The van der Waals surface area contributed by atoms with Crippen molar-refractivity contribution in [2.45, 2.75) is 369 Å². The van der Waals surface area contributed by atoms with Crippen molar-refractivity contribution in [3.8, 4) is 0 Å². The number of aliphatic hydroxyl groups excluding tert-OH is 11. The van der Waals surface area contributed by atoms with Crippen LogP contribution in [0.2, 0.25) is 0 Å². The van der Waals surface area contributed by atoms with Gasteiger partial charge in [0.1, 0.15) is 73.2 Å². The van der Waals surface area contributed by atoms with Gasteiger partial charge in [0.15, 0.2) is 18.9 Å². The molecule has 3 rings (SSSR count). The van der Waals surface area contributed by atoms with E-state index in [1.165, 1.54) is 173 Å². The van der Waals surface area contributed by atoms with Gasteiger partial charge >= 0.3 is 0 Å². The summed E-state index contributed by atoms with van der Waals surface area (Å²) in [4.78, 5) is 13.3. The van der Waals surface area contributed by atoms with Crippen molar-refractivity contribution in [1.82, 2.24) is 5.32 Å². The van der Waals surface area contributed by atoms with E-state index in [0.29, 0.717) is 12.8 Å². The fraction of sp³-hybridized carbons (Fsp3) is 0.849. The lowest BCUT2D eigenvalue weighted by atomic mass is 9.96. The Morgan fingerprint density at radius 3 is 1.20 bits per heavy atom. The lowest BCUT2D eigenvalue weighted by Gasteiger charge is -2.48. The number of ether oxygens (including phenoxy) is 6. The summed E-state index contributed by atoms with van der Waals surface area (Å²) in [6.45, 7) is 1.61. The number of hydrogen-bond donors (Lipinski definition) is 12. The molecule has 12 N–H and O–H groups in total. The molecule has 536 valence electrons. The van der Waals surface area contributed by atoms with E-state index in [4.69, 9.17) is 28.4 Å². The van der Waals surface area contributed by atoms with Crippen LogP contribution < -0.4 is 5.32 Å². The van der Waals surface area contributed by atoms with Gasteiger partial charge in [0, 0.05) is 6.42 Å². The average molecular weight is 1310 g/mol. The number of allylic oxidation sites excluding steroid dienone is 9. The van der Waals surface area contributed by atoms with Gasteiger partial charge in [-0.3, -0.25) is 4.79 Å². The van der Waals surface area contributed by atoms with Crippen LogP contribution in [0.15, 0.2) is 60.8 Å². The molecule has 3 aliphatic heterocycles. The molecule has 0 spiro atoms. The SMILES string of the molecule is CCCC/C=C/CC/C=C/C(O)C(COC1OC(CO)C(OC2OC(CO)C(OC3OC(CO)C(O)C(O)C3O)C(O)C2O)C(O)C1O)NC(=O)CCCCCCCCCCCCCCCCCCCCCCCCCC/C=C\C/C=C\C/C=C\CCCCCCC. The van der Waals surface area contributed by atoms with Crippen LogP contribution in [-0.4, -0.2) is 193 Å². The number of amides is 1. The predicted molar refractivity (Wildman–Crippen MR) is 360 cm³/mol. The highest BCUT2D eigenvalue weighted by molar-refractivity contribution is 5.76. The average Bonchev–Trinajstić information content (AvgIpc) is 0.795. The Hall–Kier alpha value is -2.51. The molecule has 3 fully saturated rings. The first-order valence-corrected chi connectivity index (χ1v) is 36.5. The third-order valence-electron chi connectivity index (χ3n) is 18.0. The summed E-state index contributed by atoms with van der Waals surface area (Å²) in [6.07, 6.45) is 41.5. The van der Waals surface area contributed by atoms with Gasteiger partial charge < -0.3 is 89.9 Å². The molecule has 0 radical (unpaired) electrons. The minimum atomic E-state index is -1.98. The number of unbranched alkanes of at least 4 members (excludes halogenated alkanes) is 32. The van der Waals surface area contributed by atoms with Gasteiger partial charge in [-0.25, -0.2) is 0 Å². The summed E-state index contributed by atoms with van der Waals surface area (Å²) in [7, 11) is 0. The van der Waals surface area contributed by atoms with Gasteiger partial charge in [-0.2, -0.15) is 0 Å². The highest BCUT2D eigenvalue weighted by atomic mass is 16.8. The third-order valence-corrected chi connectivity index (χ3v) is 18.0. The number of aliphatic hydroxyl groups is 11. The molecule has 0 aromatic carbocycles. The van der Waals surface area contributed by atoms with Crippen molar-refractivity contribution in [2.75, 3.05) is 26.4 Å². The first-order chi connectivity index (χ1) is 44.8. The molecular formula is C73H131NO18. The molecule has 17 atom stereocenters. The first kappa shape index (κ1) is 83.7. The molecule has 0 aliphatic carbocycles. The molecule has 0 aromatic rings. The van der Waals surface area contributed by atoms with Crippen LogP contribution >= 0.6 is 0 Å². The molecule has 19 heteroatoms. The van der Waals surface area contributed by atoms with Gasteiger partial charge in [0.2, 0.25) is 5.91 Å². The molecule has 3 heterocycles. The van der Waals surface area contributed by atoms with Crippen LogP contribution in [0, 0.1) is 0 Å². The summed E-state index contributed by atoms with van der Waals surface area (Å²) in [5.74, 6) is -0.287. The quantitative estimate of drug-likeness (QED) is 0.0199. The summed E-state index contributed by atoms with van der Waals surface area (Å²) < 4.78 is 34.2. The van der Waals surface area contributed by atoms with Crippen molar-refractivity contribution >= 4 is 5.91 Å². The molecule has 0 aromatic heterocycles. The van der Waals surface area contributed by atoms with Crippen molar-refractivity contribution in [3.05, 3.63) is 60.8 Å². The monoisotopic (exact) mass is 1310 g/mol. The Morgan fingerprint density at radius 1 is 0.391 bits per heavy atom. The van der Waals surface area contributed by atoms with E-state index < -0.39 is 124 Å². The Kier molecular flexibility index (Phi) is 49.6. The standard InChI is InChI=1S/C73H131NO18/c1-3-5-7-9-11-13-14-15-16-17-18-19-20-21-22-23-24-25-26-27-28-29-30-31-32-33-34-35-36-37-38-39-40-41-42-43-45-47-49-51-61(79)74-56(57(78)50-48-46-44-12-10-8-6-4-2)55-87-71-67(85)64(82)69(59(53-76)89-71)92-73-68(86)65(83)70(60(54-77)90-73)91-72-66(84)63(81)62(80)58(52-75)88-72/h10,12,14-15,17-18,20-21,48,50,56-60,62-73,75-78,80-86H,3-9,11,13,16,19,22-47,49,51-55H2,1-2H3,(H,74,79)/b12-10+,15-14-,18-17-,21-20-,50-48+. The number of carbonyl (C=O) groups is 1. The minimum absolute atomic E-state index is 0.236. The van der Waals surface area contributed by atoms with Crippen LogP contribution in [0.3, 0.4) is 0 Å². The van der Waals surface area contributed by atoms with E-state index >= 15 is 0 Å². The van der Waals surface area contributed by atoms with Crippen LogP contribution in [0.25, 0.3) is 0 Å². The minimum Gasteiger partial charge on any atom is -0.394 e. The van der Waals surface area contributed by atoms with Gasteiger partial charge in [0.05, 0.1) is 38.6 Å². The lowest BCUT2D eigenvalue weighted by Crippen LogP contribution is -2.66. The summed E-state index contributed by atoms with van der Waals surface area (Å²) in [5, 5.41) is 120. The molecule has 17 unspecified atom stereocenters. The van der Waals surface area contributed by atoms with E-state index in [1.807, 2.05) is 6.08 Å². The third kappa shape index (κ3) is 35.7. The fourth-order valence-corrected chi connectivity index (χ4v) is 12.1. The largest absolute Gasteiger partial charge is 0.394 e. The normalized spacial score (nSPS) is 28.0. The van der Waals surface area contributed by atoms with Gasteiger partial charge in [-0.05, 0) is 64.2 Å². The number of nitrogens with one attached hydrogen (secondary N) is 1. The van der Waals surface area contributed by atoms with Gasteiger partial charge in [-0.1, -0.05) is 254 Å². The van der Waals surface area contributed by atoms with Crippen molar-refractivity contribution < 1.29 is 89.4 Å². The Morgan fingerprint density at radius 2 is 0.739 bits per heavy atom. The molecule has 1 amide bonds. The topological polar surface area (TPSA) is 307 Å². The zero-order chi connectivity index (χ0) is 66.8. The molecular weight excluding hydrogens is 1180 g/mol. The summed E-state index contributed by atoms with van der Waals surface area (Å²) >= 11 is 0. The van der Waals surface area contributed by atoms with E-state index in [1.54, 1.807) is 6.08 Å². The second-order valence-corrected chi connectivity index (χ2v) is 26.0. The maximum atomic E-state index is 13.3. The predicted octanol–water partition coefficient (Wildman–Crippen LogP) is 10.3. The zero-order valence-electron chi connectivity index (χ0n) is 56.8. The van der Waals surface area contributed by atoms with E-state index in [9.17, 15) is 61.0 Å². The van der Waals surface area contributed by atoms with Crippen LogP contribution in [0.1, 0.15) is 264 Å². The van der Waals surface area contributed by atoms with Gasteiger partial charge in [0.25, 0.3) is 0 Å². The number of rotatable bonds is 56. The van der Waals surface area contributed by atoms with Crippen LogP contribution in [0.5, 0.6) is 0 Å². The molecule has 0 saturated carbocycles. The molecule has 0 bridgehead atoms. The second-order valence-electron chi connectivity index (χ2n) is 26.0. The summed E-state index contributed by atoms with van der Waals surface area (Å²) in [6, 6.07) is -0.987. The van der Waals surface area contributed by atoms with E-state index in [0.717, 1.165) is 57.8 Å². The Labute approximate surface area is 554 Å². The lowest BCUT2D eigenvalue weighted by molar-refractivity contribution is -0.379. The zero-order valence-corrected chi connectivity index (χ0v) is 56.8. The molecule has 3 aliphatic rings. The van der Waals surface area contributed by atoms with Crippen LogP contribution in [0.4, 0.5) is 0 Å². The Balaban J connectivity index is 1.25. The Bertz CT molecular complexity index is 1900. The van der Waals surface area contributed by atoms with Crippen molar-refractivity contribution in [3.63, 3.8) is 0 Å². The first-order valence-electron chi connectivity index (χ1n) is 36.5. The van der Waals surface area contributed by atoms with Crippen LogP contribution in [-0.2, 0) is 33.2 Å². The van der Waals surface area contributed by atoms with Crippen molar-refractivity contribution in [2.24, 2.45) is 0 Å². The molecule has 3 saturated heterocycles. The maximum Gasteiger partial charge on any atom is 0.220 e. The highest BCUT2D eigenvalue weighted by Gasteiger charge is 2.53. The second kappa shape index (κ2) is 54.5. The highest BCUT2D eigenvalue weighted by Crippen LogP contribution is 2.33. The maximum absolute atomic E-state index is 13.3. The van der Waals surface area contributed by atoms with E-state index in [-0.39, 0.29) is 18.9 Å². The molecule has 19 nitrogen and oxygen atoms in total.